The van der Waals surface area contributed by atoms with E-state index in [4.69, 9.17) is 10.3 Å². The fraction of sp³-hybridized carbons (Fsp3) is 0.500. The summed E-state index contributed by atoms with van der Waals surface area (Å²) < 4.78 is 7.19. The van der Waals surface area contributed by atoms with Crippen molar-refractivity contribution in [3.05, 3.63) is 28.4 Å². The maximum absolute atomic E-state index is 10.4. The summed E-state index contributed by atoms with van der Waals surface area (Å²) in [7, 11) is 1.58. The minimum absolute atomic E-state index is 0.0638. The molecule has 3 aromatic heterocycles. The van der Waals surface area contributed by atoms with E-state index in [0.717, 1.165) is 0 Å². The average Bonchev–Trinajstić information content (AvgIpc) is 3.28. The van der Waals surface area contributed by atoms with Gasteiger partial charge in [-0.05, 0) is 22.8 Å². The van der Waals surface area contributed by atoms with Crippen molar-refractivity contribution in [3.63, 3.8) is 0 Å². The summed E-state index contributed by atoms with van der Waals surface area (Å²) in [5.74, 6) is 0.558. The van der Waals surface area contributed by atoms with Gasteiger partial charge in [0.1, 0.15) is 23.5 Å². The molecule has 4 heterocycles. The number of nitrogens with zero attached hydrogens (tertiary/aromatic N) is 11. The minimum atomic E-state index is -1.29. The number of imidazole rings is 1. The topological polar surface area (TPSA) is 186 Å². The van der Waals surface area contributed by atoms with Crippen LogP contribution < -0.4 is 0 Å². The fourth-order valence-corrected chi connectivity index (χ4v) is 2.82. The molecule has 4 rings (SSSR count). The van der Waals surface area contributed by atoms with Gasteiger partial charge in [-0.3, -0.25) is 4.57 Å². The summed E-state index contributed by atoms with van der Waals surface area (Å²) >= 11 is 0. The Morgan fingerprint density at radius 2 is 2.12 bits per heavy atom. The highest BCUT2D eigenvalue weighted by atomic mass is 16.6. The van der Waals surface area contributed by atoms with Crippen molar-refractivity contribution < 1.29 is 14.9 Å². The third kappa shape index (κ3) is 2.44. The van der Waals surface area contributed by atoms with Crippen LogP contribution in [-0.2, 0) is 11.8 Å². The number of aliphatic hydroxyl groups excluding tert-OH is 2. The van der Waals surface area contributed by atoms with Crippen LogP contribution in [0.4, 0.5) is 5.82 Å². The minimum Gasteiger partial charge on any atom is -0.387 e. The Hall–Kier alpha value is -3.19. The lowest BCUT2D eigenvalue weighted by Gasteiger charge is -2.16. The average molecular weight is 359 g/mol. The third-order valence-electron chi connectivity index (χ3n) is 3.94. The first-order valence-electron chi connectivity index (χ1n) is 7.51. The Labute approximate surface area is 144 Å². The van der Waals surface area contributed by atoms with E-state index >= 15 is 0 Å². The molecule has 0 aromatic carbocycles. The first-order chi connectivity index (χ1) is 12.5. The first kappa shape index (κ1) is 16.3. The van der Waals surface area contributed by atoms with Gasteiger partial charge in [-0.15, -0.1) is 10.2 Å². The molecular formula is C12H13N11O3. The molecule has 4 atom stereocenters. The van der Waals surface area contributed by atoms with Crippen molar-refractivity contribution in [2.75, 3.05) is 0 Å². The summed E-state index contributed by atoms with van der Waals surface area (Å²) in [6.07, 6.45) is -3.18. The van der Waals surface area contributed by atoms with Crippen molar-refractivity contribution in [3.8, 4) is 0 Å². The largest absolute Gasteiger partial charge is 0.387 e. The molecule has 1 aliphatic heterocycles. The number of rotatable bonds is 3. The predicted octanol–water partition coefficient (Wildman–Crippen LogP) is -0.408. The van der Waals surface area contributed by atoms with Gasteiger partial charge < -0.3 is 14.9 Å². The second-order valence-corrected chi connectivity index (χ2v) is 5.67. The lowest BCUT2D eigenvalue weighted by atomic mass is 10.1. The lowest BCUT2D eigenvalue weighted by Crippen LogP contribution is -2.29. The van der Waals surface area contributed by atoms with Gasteiger partial charge in [0.25, 0.3) is 0 Å². The van der Waals surface area contributed by atoms with Crippen LogP contribution in [0.1, 0.15) is 24.0 Å². The summed E-state index contributed by atoms with van der Waals surface area (Å²) in [6.45, 7) is 1.63. The smallest absolute Gasteiger partial charge is 0.206 e. The SMILES string of the molecule is Cc1nc(N=[N+]=[N-])c2ncn(C3O[C@H](c4nnn(C)n4)C(O)C3O)c2n1. The van der Waals surface area contributed by atoms with E-state index in [2.05, 4.69) is 40.4 Å². The second-order valence-electron chi connectivity index (χ2n) is 5.67. The highest BCUT2D eigenvalue weighted by molar-refractivity contribution is 5.81. The quantitative estimate of drug-likeness (QED) is 0.356. The van der Waals surface area contributed by atoms with Gasteiger partial charge in [0.15, 0.2) is 23.8 Å². The maximum atomic E-state index is 10.4. The van der Waals surface area contributed by atoms with E-state index in [-0.39, 0.29) is 17.2 Å². The number of hydrogen-bond acceptors (Lipinski definition) is 10. The lowest BCUT2D eigenvalue weighted by molar-refractivity contribution is -0.0384. The molecule has 14 heteroatoms. The van der Waals surface area contributed by atoms with Crippen molar-refractivity contribution >= 4 is 17.0 Å². The van der Waals surface area contributed by atoms with Crippen molar-refractivity contribution in [2.24, 2.45) is 12.2 Å². The Bertz CT molecular complexity index is 1020. The van der Waals surface area contributed by atoms with Crippen molar-refractivity contribution in [1.29, 1.82) is 0 Å². The van der Waals surface area contributed by atoms with Crippen LogP contribution >= 0.6 is 0 Å². The van der Waals surface area contributed by atoms with E-state index in [1.807, 2.05) is 0 Å². The van der Waals surface area contributed by atoms with E-state index < -0.39 is 24.5 Å². The Morgan fingerprint density at radius 1 is 1.31 bits per heavy atom. The first-order valence-corrected chi connectivity index (χ1v) is 7.51. The molecule has 0 spiro atoms. The second kappa shape index (κ2) is 5.96. The number of hydrogen-bond donors (Lipinski definition) is 2. The van der Waals surface area contributed by atoms with E-state index in [1.165, 1.54) is 15.7 Å². The molecule has 3 unspecified atom stereocenters. The Balaban J connectivity index is 1.77. The van der Waals surface area contributed by atoms with Crippen LogP contribution in [0.2, 0.25) is 0 Å². The molecule has 134 valence electrons. The molecule has 0 aliphatic carbocycles. The van der Waals surface area contributed by atoms with Crippen LogP contribution in [0.25, 0.3) is 21.6 Å². The Kier molecular flexibility index (Phi) is 3.73. The maximum Gasteiger partial charge on any atom is 0.206 e. The van der Waals surface area contributed by atoms with Crippen molar-refractivity contribution in [2.45, 2.75) is 31.5 Å². The molecule has 14 nitrogen and oxygen atoms in total. The standard InChI is InChI=1S/C12H13N11O3/c1-4-15-9(17-20-13)5-11(16-4)23(3-14-5)12-7(25)6(24)8(26-12)10-18-21-22(2)19-10/h3,6-8,12,24-25H,1-2H3/t6?,7?,8-,12?/m0/s1. The molecule has 0 bridgehead atoms. The zero-order chi connectivity index (χ0) is 18.4. The normalized spacial score (nSPS) is 25.5. The summed E-state index contributed by atoms with van der Waals surface area (Å²) in [6, 6.07) is 0. The van der Waals surface area contributed by atoms with Gasteiger partial charge in [-0.2, -0.15) is 4.80 Å². The molecular weight excluding hydrogens is 346 g/mol. The van der Waals surface area contributed by atoms with Crippen LogP contribution in [0.5, 0.6) is 0 Å². The molecule has 3 aromatic rings. The van der Waals surface area contributed by atoms with Gasteiger partial charge in [0, 0.05) is 4.91 Å². The number of tetrazole rings is 1. The van der Waals surface area contributed by atoms with Gasteiger partial charge in [0.05, 0.1) is 13.4 Å². The molecule has 0 radical (unpaired) electrons. The molecule has 1 fully saturated rings. The molecule has 2 N–H and O–H groups in total. The zero-order valence-corrected chi connectivity index (χ0v) is 13.6. The molecule has 26 heavy (non-hydrogen) atoms. The molecule has 0 saturated carbocycles. The van der Waals surface area contributed by atoms with Crippen LogP contribution in [0.3, 0.4) is 0 Å². The molecule has 1 aliphatic rings. The monoisotopic (exact) mass is 359 g/mol. The number of aliphatic hydroxyl groups is 2. The van der Waals surface area contributed by atoms with Gasteiger partial charge in [0.2, 0.25) is 5.82 Å². The molecule has 1 saturated heterocycles. The highest BCUT2D eigenvalue weighted by Crippen LogP contribution is 2.38. The third-order valence-corrected chi connectivity index (χ3v) is 3.94. The number of azide groups is 1. The zero-order valence-electron chi connectivity index (χ0n) is 13.6. The predicted molar refractivity (Wildman–Crippen MR) is 82.5 cm³/mol. The van der Waals surface area contributed by atoms with Crippen LogP contribution in [-0.4, -0.2) is 62.1 Å². The Morgan fingerprint density at radius 3 is 2.81 bits per heavy atom. The van der Waals surface area contributed by atoms with Gasteiger partial charge in [-0.1, -0.05) is 0 Å². The van der Waals surface area contributed by atoms with Crippen molar-refractivity contribution in [1.82, 2.24) is 39.7 Å². The number of ether oxygens (including phenoxy) is 1. The van der Waals surface area contributed by atoms with Gasteiger partial charge in [-0.25, -0.2) is 15.0 Å². The number of fused-ring (bicyclic) bond motifs is 1. The van der Waals surface area contributed by atoms with E-state index in [0.29, 0.717) is 11.5 Å². The number of aryl methyl sites for hydroxylation is 2. The van der Waals surface area contributed by atoms with Crippen LogP contribution in [0.15, 0.2) is 11.4 Å². The summed E-state index contributed by atoms with van der Waals surface area (Å²) in [5, 5.41) is 35.8. The van der Waals surface area contributed by atoms with Crippen LogP contribution in [0, 0.1) is 6.92 Å². The highest BCUT2D eigenvalue weighted by Gasteiger charge is 2.47. The summed E-state index contributed by atoms with van der Waals surface area (Å²) in [4.78, 5) is 16.4. The fourth-order valence-electron chi connectivity index (χ4n) is 2.82. The van der Waals surface area contributed by atoms with E-state index in [1.54, 1.807) is 14.0 Å². The summed E-state index contributed by atoms with van der Waals surface area (Å²) in [5.41, 5.74) is 9.22. The number of aromatic nitrogens is 8. The molecule has 0 amide bonds. The van der Waals surface area contributed by atoms with Gasteiger partial charge >= 0.3 is 0 Å². The van der Waals surface area contributed by atoms with E-state index in [9.17, 15) is 10.2 Å².